The van der Waals surface area contributed by atoms with Crippen LogP contribution < -0.4 is 5.32 Å². The maximum atomic E-state index is 12.5. The highest BCUT2D eigenvalue weighted by Crippen LogP contribution is 2.33. The van der Waals surface area contributed by atoms with Crippen molar-refractivity contribution in [3.05, 3.63) is 51.9 Å². The summed E-state index contributed by atoms with van der Waals surface area (Å²) in [6.45, 7) is 7.83. The van der Waals surface area contributed by atoms with Crippen LogP contribution in [0.5, 0.6) is 0 Å². The van der Waals surface area contributed by atoms with Crippen molar-refractivity contribution in [2.75, 3.05) is 25.0 Å². The Balaban J connectivity index is 2.16. The van der Waals surface area contributed by atoms with Gasteiger partial charge in [-0.3, -0.25) is 4.79 Å². The fourth-order valence-corrected chi connectivity index (χ4v) is 5.43. The van der Waals surface area contributed by atoms with Crippen LogP contribution in [0.2, 0.25) is 0 Å². The Morgan fingerprint density at radius 1 is 1.19 bits per heavy atom. The second-order valence-corrected chi connectivity index (χ2v) is 9.53. The van der Waals surface area contributed by atoms with Gasteiger partial charge in [0.1, 0.15) is 15.9 Å². The van der Waals surface area contributed by atoms with Crippen LogP contribution in [0, 0.1) is 18.3 Å². The third-order valence-electron chi connectivity index (χ3n) is 4.61. The lowest BCUT2D eigenvalue weighted by atomic mass is 10.1. The van der Waals surface area contributed by atoms with E-state index in [4.69, 9.17) is 4.74 Å². The third kappa shape index (κ3) is 5.62. The highest BCUT2D eigenvalue weighted by Gasteiger charge is 2.22. The first-order valence-corrected chi connectivity index (χ1v) is 12.2. The maximum absolute atomic E-state index is 12.5. The van der Waals surface area contributed by atoms with Crippen molar-refractivity contribution in [3.63, 3.8) is 0 Å². The van der Waals surface area contributed by atoms with Crippen molar-refractivity contribution in [1.82, 2.24) is 4.31 Å². The number of hydrogen-bond donors (Lipinski definition) is 1. The van der Waals surface area contributed by atoms with Gasteiger partial charge in [-0.15, -0.1) is 11.3 Å². The van der Waals surface area contributed by atoms with E-state index in [9.17, 15) is 23.3 Å². The smallest absolute Gasteiger partial charge is 0.348 e. The van der Waals surface area contributed by atoms with Crippen LogP contribution in [0.1, 0.15) is 47.1 Å². The summed E-state index contributed by atoms with van der Waals surface area (Å²) in [6, 6.07) is 8.20. The molecule has 1 heterocycles. The van der Waals surface area contributed by atoms with Gasteiger partial charge in [0.05, 0.1) is 17.1 Å². The molecule has 0 aliphatic carbocycles. The lowest BCUT2D eigenvalue weighted by molar-refractivity contribution is -0.111. The van der Waals surface area contributed by atoms with Crippen molar-refractivity contribution in [3.8, 4) is 6.07 Å². The van der Waals surface area contributed by atoms with Crippen LogP contribution >= 0.6 is 11.3 Å². The molecule has 0 aliphatic rings. The Morgan fingerprint density at radius 2 is 1.81 bits per heavy atom. The number of nitriles is 1. The molecule has 1 aromatic carbocycles. The zero-order chi connectivity index (χ0) is 23.9. The van der Waals surface area contributed by atoms with Gasteiger partial charge in [-0.05, 0) is 43.2 Å². The number of nitrogens with one attached hydrogen (secondary N) is 1. The Bertz CT molecular complexity index is 1160. The quantitative estimate of drug-likeness (QED) is 0.436. The van der Waals surface area contributed by atoms with Gasteiger partial charge in [0, 0.05) is 19.2 Å². The summed E-state index contributed by atoms with van der Waals surface area (Å²) < 4.78 is 31.4. The minimum Gasteiger partial charge on any atom is -0.462 e. The maximum Gasteiger partial charge on any atom is 0.348 e. The van der Waals surface area contributed by atoms with E-state index in [2.05, 4.69) is 5.32 Å². The minimum atomic E-state index is -3.55. The van der Waals surface area contributed by atoms with Gasteiger partial charge in [-0.2, -0.15) is 9.57 Å². The van der Waals surface area contributed by atoms with Gasteiger partial charge >= 0.3 is 5.97 Å². The summed E-state index contributed by atoms with van der Waals surface area (Å²) in [5, 5.41) is 12.3. The SMILES string of the molecule is CCOC(=O)c1sc(NC(=O)/C=C/c2ccc(S(=O)(=O)N(CC)CC)cc2)c(C#N)c1C. The second kappa shape index (κ2) is 11.0. The molecule has 0 fully saturated rings. The highest BCUT2D eigenvalue weighted by molar-refractivity contribution is 7.89. The Labute approximate surface area is 192 Å². The van der Waals surface area contributed by atoms with Gasteiger partial charge in [-0.25, -0.2) is 13.2 Å². The molecular weight excluding hydrogens is 450 g/mol. The molecule has 32 heavy (non-hydrogen) atoms. The van der Waals surface area contributed by atoms with Gasteiger partial charge in [0.15, 0.2) is 0 Å². The number of thiophene rings is 1. The monoisotopic (exact) mass is 475 g/mol. The number of carbonyl (C=O) groups is 2. The number of esters is 1. The number of nitrogens with zero attached hydrogens (tertiary/aromatic N) is 2. The van der Waals surface area contributed by atoms with E-state index in [-0.39, 0.29) is 26.9 Å². The number of carbonyl (C=O) groups excluding carboxylic acids is 2. The van der Waals surface area contributed by atoms with E-state index >= 15 is 0 Å². The molecule has 1 amide bonds. The van der Waals surface area contributed by atoms with Crippen molar-refractivity contribution in [1.29, 1.82) is 5.26 Å². The summed E-state index contributed by atoms with van der Waals surface area (Å²) in [5.41, 5.74) is 1.31. The molecule has 2 rings (SSSR count). The molecule has 0 aliphatic heterocycles. The Morgan fingerprint density at radius 3 is 2.34 bits per heavy atom. The molecule has 0 unspecified atom stereocenters. The molecule has 0 radical (unpaired) electrons. The summed E-state index contributed by atoms with van der Waals surface area (Å²) in [7, 11) is -3.55. The Hall–Kier alpha value is -3.00. The molecule has 2 aromatic rings. The number of anilines is 1. The number of sulfonamides is 1. The van der Waals surface area contributed by atoms with Crippen LogP contribution in [0.4, 0.5) is 5.00 Å². The standard InChI is InChI=1S/C22H25N3O5S2/c1-5-25(6-2)32(28,29)17-11-8-16(9-12-17)10-13-19(26)24-21-18(14-23)15(4)20(31-21)22(27)30-7-3/h8-13H,5-7H2,1-4H3,(H,24,26)/b13-10+. The van der Waals surface area contributed by atoms with Crippen LogP contribution in [-0.4, -0.2) is 44.3 Å². The lowest BCUT2D eigenvalue weighted by Gasteiger charge is -2.18. The average Bonchev–Trinajstić information content (AvgIpc) is 3.08. The fraction of sp³-hybridized carbons (Fsp3) is 0.318. The molecular formula is C22H25N3O5S2. The van der Waals surface area contributed by atoms with Crippen LogP contribution in [-0.2, 0) is 19.6 Å². The summed E-state index contributed by atoms with van der Waals surface area (Å²) in [6.07, 6.45) is 2.80. The van der Waals surface area contributed by atoms with Gasteiger partial charge in [0.2, 0.25) is 15.9 Å². The molecule has 0 saturated heterocycles. The number of ether oxygens (including phenoxy) is 1. The first-order chi connectivity index (χ1) is 15.2. The van der Waals surface area contributed by atoms with Crippen LogP contribution in [0.15, 0.2) is 35.2 Å². The highest BCUT2D eigenvalue weighted by atomic mass is 32.2. The van der Waals surface area contributed by atoms with E-state index in [1.54, 1.807) is 39.8 Å². The number of hydrogen-bond acceptors (Lipinski definition) is 7. The van der Waals surface area contributed by atoms with E-state index < -0.39 is 21.9 Å². The minimum absolute atomic E-state index is 0.182. The Kier molecular flexibility index (Phi) is 8.72. The molecule has 1 N–H and O–H groups in total. The molecule has 8 nitrogen and oxygen atoms in total. The van der Waals surface area contributed by atoms with E-state index in [1.165, 1.54) is 28.6 Å². The van der Waals surface area contributed by atoms with Gasteiger partial charge in [-0.1, -0.05) is 26.0 Å². The normalized spacial score (nSPS) is 11.5. The molecule has 0 spiro atoms. The topological polar surface area (TPSA) is 117 Å². The summed E-state index contributed by atoms with van der Waals surface area (Å²) in [5.74, 6) is -1.03. The number of benzene rings is 1. The van der Waals surface area contributed by atoms with E-state index in [0.29, 0.717) is 24.2 Å². The average molecular weight is 476 g/mol. The van der Waals surface area contributed by atoms with Crippen LogP contribution in [0.3, 0.4) is 0 Å². The van der Waals surface area contributed by atoms with Crippen molar-refractivity contribution in [2.45, 2.75) is 32.6 Å². The van der Waals surface area contributed by atoms with Crippen molar-refractivity contribution >= 4 is 44.3 Å². The molecule has 1 aromatic heterocycles. The van der Waals surface area contributed by atoms with Gasteiger partial charge in [0.25, 0.3) is 0 Å². The first kappa shape index (κ1) is 25.3. The molecule has 0 saturated carbocycles. The number of rotatable bonds is 9. The fourth-order valence-electron chi connectivity index (χ4n) is 2.92. The van der Waals surface area contributed by atoms with E-state index in [1.807, 2.05) is 6.07 Å². The second-order valence-electron chi connectivity index (χ2n) is 6.57. The van der Waals surface area contributed by atoms with Crippen molar-refractivity contribution < 1.29 is 22.7 Å². The largest absolute Gasteiger partial charge is 0.462 e. The lowest BCUT2D eigenvalue weighted by Crippen LogP contribution is -2.30. The van der Waals surface area contributed by atoms with Crippen molar-refractivity contribution in [2.24, 2.45) is 0 Å². The molecule has 10 heteroatoms. The summed E-state index contributed by atoms with van der Waals surface area (Å²) >= 11 is 0.986. The van der Waals surface area contributed by atoms with Crippen LogP contribution in [0.25, 0.3) is 6.08 Å². The first-order valence-electron chi connectivity index (χ1n) is 9.99. The zero-order valence-corrected chi connectivity index (χ0v) is 20.0. The molecule has 0 atom stereocenters. The molecule has 170 valence electrons. The summed E-state index contributed by atoms with van der Waals surface area (Å²) in [4.78, 5) is 24.8. The van der Waals surface area contributed by atoms with Gasteiger partial charge < -0.3 is 10.1 Å². The molecule has 0 bridgehead atoms. The third-order valence-corrected chi connectivity index (χ3v) is 7.86. The number of amides is 1. The predicted octanol–water partition coefficient (Wildman–Crippen LogP) is 3.79. The predicted molar refractivity (Wildman–Crippen MR) is 124 cm³/mol. The zero-order valence-electron chi connectivity index (χ0n) is 18.3. The van der Waals surface area contributed by atoms with E-state index in [0.717, 1.165) is 11.3 Å².